The maximum Gasteiger partial charge on any atom is 0.0991 e. The van der Waals surface area contributed by atoms with Gasteiger partial charge in [0.05, 0.1) is 11.6 Å². The third-order valence-electron chi connectivity index (χ3n) is 3.96. The van der Waals surface area contributed by atoms with Crippen molar-refractivity contribution in [3.8, 4) is 6.07 Å². The highest BCUT2D eigenvalue weighted by Gasteiger charge is 2.35. The third kappa shape index (κ3) is 2.10. The van der Waals surface area contributed by atoms with Crippen molar-refractivity contribution in [2.75, 3.05) is 11.4 Å². The first-order valence-corrected chi connectivity index (χ1v) is 6.81. The van der Waals surface area contributed by atoms with Crippen LogP contribution in [0.2, 0.25) is 0 Å². The van der Waals surface area contributed by atoms with Crippen LogP contribution in [0.1, 0.15) is 57.6 Å². The second kappa shape index (κ2) is 4.65. The molecule has 0 bridgehead atoms. The van der Waals surface area contributed by atoms with Gasteiger partial charge in [-0.05, 0) is 56.4 Å². The van der Waals surface area contributed by atoms with Gasteiger partial charge in [-0.2, -0.15) is 5.26 Å². The van der Waals surface area contributed by atoms with Crippen molar-refractivity contribution in [2.24, 2.45) is 0 Å². The molecule has 1 aromatic carbocycles. The van der Waals surface area contributed by atoms with Crippen molar-refractivity contribution in [2.45, 2.75) is 52.0 Å². The Bertz CT molecular complexity index is 482. The normalized spacial score (nSPS) is 21.3. The summed E-state index contributed by atoms with van der Waals surface area (Å²) >= 11 is 0. The zero-order valence-electron chi connectivity index (χ0n) is 11.8. The zero-order valence-corrected chi connectivity index (χ0v) is 11.8. The molecular formula is C16H22N2. The molecule has 0 spiro atoms. The summed E-state index contributed by atoms with van der Waals surface area (Å²) in [5.74, 6) is 0.524. The summed E-state index contributed by atoms with van der Waals surface area (Å²) in [6.07, 6.45) is 2.30. The fourth-order valence-electron chi connectivity index (χ4n) is 3.21. The minimum absolute atomic E-state index is 0.205. The number of benzene rings is 1. The van der Waals surface area contributed by atoms with Crippen molar-refractivity contribution in [1.29, 1.82) is 5.26 Å². The first-order chi connectivity index (χ1) is 8.49. The Hall–Kier alpha value is -1.49. The van der Waals surface area contributed by atoms with Crippen LogP contribution in [0.3, 0.4) is 0 Å². The van der Waals surface area contributed by atoms with Crippen LogP contribution in [0.15, 0.2) is 18.2 Å². The lowest BCUT2D eigenvalue weighted by Crippen LogP contribution is -2.48. The molecular weight excluding hydrogens is 220 g/mol. The molecule has 0 amide bonds. The van der Waals surface area contributed by atoms with Crippen LogP contribution in [0, 0.1) is 11.3 Å². The van der Waals surface area contributed by atoms with E-state index in [0.29, 0.717) is 5.92 Å². The highest BCUT2D eigenvalue weighted by Crippen LogP contribution is 2.43. The van der Waals surface area contributed by atoms with E-state index in [-0.39, 0.29) is 5.54 Å². The second-order valence-corrected chi connectivity index (χ2v) is 5.95. The number of nitriles is 1. The summed E-state index contributed by atoms with van der Waals surface area (Å²) in [5, 5.41) is 9.03. The van der Waals surface area contributed by atoms with E-state index < -0.39 is 0 Å². The molecule has 1 aromatic rings. The van der Waals surface area contributed by atoms with E-state index in [1.54, 1.807) is 0 Å². The number of fused-ring (bicyclic) bond motifs is 1. The van der Waals surface area contributed by atoms with Gasteiger partial charge in [-0.25, -0.2) is 0 Å². The van der Waals surface area contributed by atoms with E-state index in [4.69, 9.17) is 5.26 Å². The maximum atomic E-state index is 9.03. The first kappa shape index (κ1) is 13.0. The van der Waals surface area contributed by atoms with Gasteiger partial charge in [-0.1, -0.05) is 13.8 Å². The predicted octanol–water partition coefficient (Wildman–Crippen LogP) is 4.06. The number of hydrogen-bond donors (Lipinski definition) is 0. The summed E-state index contributed by atoms with van der Waals surface area (Å²) < 4.78 is 0. The van der Waals surface area contributed by atoms with Gasteiger partial charge in [-0.15, -0.1) is 0 Å². The molecule has 0 saturated carbocycles. The Kier molecular flexibility index (Phi) is 3.34. The minimum atomic E-state index is 0.205. The number of anilines is 1. The maximum absolute atomic E-state index is 9.03. The molecule has 0 unspecified atom stereocenters. The van der Waals surface area contributed by atoms with E-state index >= 15 is 0 Å². The molecule has 1 aliphatic heterocycles. The van der Waals surface area contributed by atoms with Crippen LogP contribution in [0.4, 0.5) is 5.69 Å². The molecule has 0 radical (unpaired) electrons. The largest absolute Gasteiger partial charge is 0.366 e. The average Bonchev–Trinajstić information content (AvgIpc) is 2.33. The lowest BCUT2D eigenvalue weighted by Gasteiger charge is -2.47. The van der Waals surface area contributed by atoms with Crippen molar-refractivity contribution in [3.05, 3.63) is 29.3 Å². The van der Waals surface area contributed by atoms with Gasteiger partial charge in [0.15, 0.2) is 0 Å². The zero-order chi connectivity index (χ0) is 13.3. The molecule has 0 fully saturated rings. The molecule has 0 aromatic heterocycles. The Morgan fingerprint density at radius 3 is 2.78 bits per heavy atom. The molecule has 2 heteroatoms. The van der Waals surface area contributed by atoms with E-state index in [0.717, 1.165) is 24.9 Å². The van der Waals surface area contributed by atoms with Gasteiger partial charge in [0.25, 0.3) is 0 Å². The molecule has 1 heterocycles. The highest BCUT2D eigenvalue weighted by atomic mass is 15.2. The van der Waals surface area contributed by atoms with Gasteiger partial charge < -0.3 is 4.90 Å². The summed E-state index contributed by atoms with van der Waals surface area (Å²) in [4.78, 5) is 2.50. The molecule has 96 valence electrons. The van der Waals surface area contributed by atoms with Crippen LogP contribution in [-0.4, -0.2) is 12.1 Å². The molecule has 1 atom stereocenters. The molecule has 0 saturated heterocycles. The summed E-state index contributed by atoms with van der Waals surface area (Å²) in [6, 6.07) is 8.38. The van der Waals surface area contributed by atoms with Crippen LogP contribution in [0.25, 0.3) is 0 Å². The smallest absolute Gasteiger partial charge is 0.0991 e. The lowest BCUT2D eigenvalue weighted by atomic mass is 9.79. The van der Waals surface area contributed by atoms with E-state index in [1.165, 1.54) is 11.3 Å². The Balaban J connectivity index is 2.51. The topological polar surface area (TPSA) is 27.0 Å². The molecule has 0 aliphatic carbocycles. The SMILES string of the molecule is CCCN1c2ccc(C#N)cc2[C@H](C)CC1(C)C. The lowest BCUT2D eigenvalue weighted by molar-refractivity contribution is 0.376. The Labute approximate surface area is 110 Å². The molecule has 2 nitrogen and oxygen atoms in total. The van der Waals surface area contributed by atoms with Crippen LogP contribution >= 0.6 is 0 Å². The second-order valence-electron chi connectivity index (χ2n) is 5.95. The van der Waals surface area contributed by atoms with Crippen LogP contribution in [0.5, 0.6) is 0 Å². The molecule has 18 heavy (non-hydrogen) atoms. The van der Waals surface area contributed by atoms with Gasteiger partial charge in [0.1, 0.15) is 0 Å². The fourth-order valence-corrected chi connectivity index (χ4v) is 3.21. The highest BCUT2D eigenvalue weighted by molar-refractivity contribution is 5.61. The van der Waals surface area contributed by atoms with E-state index in [2.05, 4.69) is 50.8 Å². The first-order valence-electron chi connectivity index (χ1n) is 6.81. The Morgan fingerprint density at radius 2 is 2.17 bits per heavy atom. The molecule has 0 N–H and O–H groups in total. The van der Waals surface area contributed by atoms with Gasteiger partial charge in [-0.3, -0.25) is 0 Å². The molecule has 1 aliphatic rings. The molecule has 2 rings (SSSR count). The third-order valence-corrected chi connectivity index (χ3v) is 3.96. The monoisotopic (exact) mass is 242 g/mol. The fraction of sp³-hybridized carbons (Fsp3) is 0.562. The average molecular weight is 242 g/mol. The quantitative estimate of drug-likeness (QED) is 0.782. The van der Waals surface area contributed by atoms with E-state index in [9.17, 15) is 0 Å². The summed E-state index contributed by atoms with van der Waals surface area (Å²) in [7, 11) is 0. The van der Waals surface area contributed by atoms with Crippen molar-refractivity contribution in [3.63, 3.8) is 0 Å². The minimum Gasteiger partial charge on any atom is -0.366 e. The number of hydrogen-bond acceptors (Lipinski definition) is 2. The van der Waals surface area contributed by atoms with E-state index in [1.807, 2.05) is 6.07 Å². The van der Waals surface area contributed by atoms with Crippen molar-refractivity contribution < 1.29 is 0 Å². The number of rotatable bonds is 2. The standard InChI is InChI=1S/C16H22N2/c1-5-8-18-15-7-6-13(11-17)9-14(15)12(2)10-16(18,3)4/h6-7,9,12H,5,8,10H2,1-4H3/t12-/m1/s1. The van der Waals surface area contributed by atoms with Gasteiger partial charge in [0.2, 0.25) is 0 Å². The summed E-state index contributed by atoms with van der Waals surface area (Å²) in [5.41, 5.74) is 3.63. The van der Waals surface area contributed by atoms with Crippen molar-refractivity contribution in [1.82, 2.24) is 0 Å². The van der Waals surface area contributed by atoms with Crippen LogP contribution in [-0.2, 0) is 0 Å². The Morgan fingerprint density at radius 1 is 1.44 bits per heavy atom. The van der Waals surface area contributed by atoms with Crippen LogP contribution < -0.4 is 4.90 Å². The van der Waals surface area contributed by atoms with Crippen molar-refractivity contribution >= 4 is 5.69 Å². The predicted molar refractivity (Wildman–Crippen MR) is 75.9 cm³/mol. The van der Waals surface area contributed by atoms with Gasteiger partial charge in [0, 0.05) is 17.8 Å². The van der Waals surface area contributed by atoms with Gasteiger partial charge >= 0.3 is 0 Å². The summed E-state index contributed by atoms with van der Waals surface area (Å²) in [6.45, 7) is 10.2. The number of nitrogens with zero attached hydrogens (tertiary/aromatic N) is 2.